The van der Waals surface area contributed by atoms with Gasteiger partial charge in [-0.25, -0.2) is 0 Å². The lowest BCUT2D eigenvalue weighted by Crippen LogP contribution is -2.12. The molecule has 2 heterocycles. The molecule has 13 heavy (non-hydrogen) atoms. The summed E-state index contributed by atoms with van der Waals surface area (Å²) in [6.45, 7) is 0. The van der Waals surface area contributed by atoms with Crippen molar-refractivity contribution in [3.63, 3.8) is 0 Å². The quantitative estimate of drug-likeness (QED) is 0.475. The fourth-order valence-corrected chi connectivity index (χ4v) is 1.27. The van der Waals surface area contributed by atoms with Gasteiger partial charge in [0, 0.05) is 35.9 Å². The molecule has 0 aliphatic carbocycles. The van der Waals surface area contributed by atoms with Gasteiger partial charge in [-0.1, -0.05) is 4.85 Å². The molecule has 66 valence electrons. The van der Waals surface area contributed by atoms with Crippen molar-refractivity contribution in [2.45, 2.75) is 12.8 Å². The van der Waals surface area contributed by atoms with Crippen LogP contribution in [0.5, 0.6) is 0 Å². The van der Waals surface area contributed by atoms with Crippen LogP contribution < -0.4 is 0 Å². The van der Waals surface area contributed by atoms with E-state index in [-0.39, 0.29) is 0 Å². The number of hydrogen-bond donors (Lipinski definition) is 0. The van der Waals surface area contributed by atoms with Gasteiger partial charge in [0.1, 0.15) is 5.71 Å². The van der Waals surface area contributed by atoms with E-state index in [1.807, 2.05) is 12.1 Å². The molecule has 1 aliphatic rings. The standard InChI is InChI=1S/C9H9N3O/c13-12-7-1-2-9(11-12)8-3-5-10-6-4-8/h3-7H,1-2H2. The molecule has 0 saturated heterocycles. The first-order chi connectivity index (χ1) is 6.36. The number of pyridine rings is 1. The van der Waals surface area contributed by atoms with Crippen LogP contribution in [-0.4, -0.2) is 21.8 Å². The van der Waals surface area contributed by atoms with Gasteiger partial charge in [0.15, 0.2) is 6.21 Å². The average Bonchev–Trinajstić information content (AvgIpc) is 2.19. The Kier molecular flexibility index (Phi) is 2.04. The van der Waals surface area contributed by atoms with Crippen LogP contribution >= 0.6 is 0 Å². The van der Waals surface area contributed by atoms with E-state index in [9.17, 15) is 5.21 Å². The van der Waals surface area contributed by atoms with Gasteiger partial charge in [0.25, 0.3) is 0 Å². The Bertz CT molecular complexity index is 356. The minimum Gasteiger partial charge on any atom is -0.595 e. The van der Waals surface area contributed by atoms with Crippen molar-refractivity contribution >= 4 is 11.9 Å². The molecule has 0 spiro atoms. The zero-order chi connectivity index (χ0) is 9.10. The third-order valence-corrected chi connectivity index (χ3v) is 1.90. The number of rotatable bonds is 1. The zero-order valence-corrected chi connectivity index (χ0v) is 7.05. The van der Waals surface area contributed by atoms with Gasteiger partial charge in [-0.3, -0.25) is 4.98 Å². The second kappa shape index (κ2) is 3.35. The molecule has 0 radical (unpaired) electrons. The molecule has 0 amide bonds. The van der Waals surface area contributed by atoms with E-state index < -0.39 is 0 Å². The minimum absolute atomic E-state index is 0.624. The molecule has 4 heteroatoms. The van der Waals surface area contributed by atoms with E-state index in [1.54, 1.807) is 12.4 Å². The summed E-state index contributed by atoms with van der Waals surface area (Å²) in [6, 6.07) is 3.72. The maximum Gasteiger partial charge on any atom is 0.187 e. The number of hydrogen-bond acceptors (Lipinski definition) is 3. The van der Waals surface area contributed by atoms with Crippen molar-refractivity contribution in [2.24, 2.45) is 5.10 Å². The van der Waals surface area contributed by atoms with Crippen molar-refractivity contribution in [1.82, 2.24) is 4.98 Å². The molecule has 1 aliphatic heterocycles. The first-order valence-electron chi connectivity index (χ1n) is 4.14. The van der Waals surface area contributed by atoms with Crippen LogP contribution in [0.4, 0.5) is 0 Å². The largest absolute Gasteiger partial charge is 0.595 e. The van der Waals surface area contributed by atoms with E-state index in [2.05, 4.69) is 10.1 Å². The van der Waals surface area contributed by atoms with Crippen LogP contribution in [0.2, 0.25) is 0 Å². The topological polar surface area (TPSA) is 51.3 Å². The SMILES string of the molecule is [O-][N+]1=CCCC(c2ccncc2)=N1. The van der Waals surface area contributed by atoms with Gasteiger partial charge < -0.3 is 5.21 Å². The lowest BCUT2D eigenvalue weighted by Gasteiger charge is -2.06. The molecule has 0 atom stereocenters. The predicted octanol–water partition coefficient (Wildman–Crippen LogP) is 1.16. The van der Waals surface area contributed by atoms with Crippen molar-refractivity contribution in [1.29, 1.82) is 0 Å². The van der Waals surface area contributed by atoms with E-state index in [0.717, 1.165) is 24.1 Å². The maximum absolute atomic E-state index is 10.9. The number of aromatic nitrogens is 1. The van der Waals surface area contributed by atoms with E-state index >= 15 is 0 Å². The van der Waals surface area contributed by atoms with Crippen LogP contribution in [0.3, 0.4) is 0 Å². The minimum atomic E-state index is 0.624. The van der Waals surface area contributed by atoms with Crippen LogP contribution in [-0.2, 0) is 0 Å². The van der Waals surface area contributed by atoms with Crippen molar-refractivity contribution < 1.29 is 4.85 Å². The van der Waals surface area contributed by atoms with Crippen LogP contribution in [0.1, 0.15) is 18.4 Å². The summed E-state index contributed by atoms with van der Waals surface area (Å²) < 4.78 is 0. The summed E-state index contributed by atoms with van der Waals surface area (Å²) in [7, 11) is 0. The Morgan fingerprint density at radius 1 is 1.31 bits per heavy atom. The molecular weight excluding hydrogens is 166 g/mol. The molecule has 0 N–H and O–H groups in total. The third-order valence-electron chi connectivity index (χ3n) is 1.90. The lowest BCUT2D eigenvalue weighted by molar-refractivity contribution is -0.460. The maximum atomic E-state index is 10.9. The Balaban J connectivity index is 2.32. The van der Waals surface area contributed by atoms with Gasteiger partial charge >= 0.3 is 0 Å². The monoisotopic (exact) mass is 175 g/mol. The summed E-state index contributed by atoms with van der Waals surface area (Å²) in [6.07, 6.45) is 6.51. The molecule has 1 aromatic rings. The van der Waals surface area contributed by atoms with Crippen molar-refractivity contribution in [2.75, 3.05) is 0 Å². The fraction of sp³-hybridized carbons (Fsp3) is 0.222. The summed E-state index contributed by atoms with van der Waals surface area (Å²) in [5.41, 5.74) is 1.81. The summed E-state index contributed by atoms with van der Waals surface area (Å²) >= 11 is 0. The normalized spacial score (nSPS) is 16.3. The molecule has 0 saturated carbocycles. The van der Waals surface area contributed by atoms with Gasteiger partial charge in [0.2, 0.25) is 0 Å². The number of nitrogens with zero attached hydrogens (tertiary/aromatic N) is 3. The smallest absolute Gasteiger partial charge is 0.187 e. The Labute approximate surface area is 75.8 Å². The number of hydrazone groups is 1. The summed E-state index contributed by atoms with van der Waals surface area (Å²) in [4.78, 5) is 4.53. The second-order valence-corrected chi connectivity index (χ2v) is 2.81. The molecule has 0 unspecified atom stereocenters. The van der Waals surface area contributed by atoms with Gasteiger partial charge in [-0.15, -0.1) is 0 Å². The highest BCUT2D eigenvalue weighted by Crippen LogP contribution is 2.07. The van der Waals surface area contributed by atoms with Crippen LogP contribution in [0, 0.1) is 5.21 Å². The third kappa shape index (κ3) is 1.72. The van der Waals surface area contributed by atoms with Crippen molar-refractivity contribution in [3.05, 3.63) is 35.3 Å². The molecule has 0 aromatic carbocycles. The predicted molar refractivity (Wildman–Crippen MR) is 49.7 cm³/mol. The fourth-order valence-electron chi connectivity index (χ4n) is 1.27. The molecular formula is C9H9N3O. The first-order valence-corrected chi connectivity index (χ1v) is 4.14. The van der Waals surface area contributed by atoms with Crippen LogP contribution in [0.25, 0.3) is 0 Å². The summed E-state index contributed by atoms with van der Waals surface area (Å²) in [5, 5.41) is 14.8. The van der Waals surface area contributed by atoms with Crippen LogP contribution in [0.15, 0.2) is 29.6 Å². The van der Waals surface area contributed by atoms with E-state index in [1.165, 1.54) is 6.21 Å². The molecule has 0 bridgehead atoms. The Hall–Kier alpha value is -1.71. The van der Waals surface area contributed by atoms with Gasteiger partial charge in [-0.05, 0) is 12.1 Å². The van der Waals surface area contributed by atoms with E-state index in [0.29, 0.717) is 4.85 Å². The zero-order valence-electron chi connectivity index (χ0n) is 7.05. The Morgan fingerprint density at radius 3 is 2.77 bits per heavy atom. The molecule has 0 fully saturated rings. The highest BCUT2D eigenvalue weighted by molar-refractivity contribution is 6.01. The lowest BCUT2D eigenvalue weighted by atomic mass is 10.1. The molecule has 2 rings (SSSR count). The summed E-state index contributed by atoms with van der Waals surface area (Å²) in [5.74, 6) is 0. The highest BCUT2D eigenvalue weighted by atomic mass is 16.5. The second-order valence-electron chi connectivity index (χ2n) is 2.81. The van der Waals surface area contributed by atoms with Gasteiger partial charge in [0.05, 0.1) is 0 Å². The average molecular weight is 175 g/mol. The molecule has 4 nitrogen and oxygen atoms in total. The molecule has 1 aromatic heterocycles. The van der Waals surface area contributed by atoms with Gasteiger partial charge in [-0.2, -0.15) is 0 Å². The highest BCUT2D eigenvalue weighted by Gasteiger charge is 2.10. The Morgan fingerprint density at radius 2 is 2.08 bits per heavy atom. The van der Waals surface area contributed by atoms with E-state index in [4.69, 9.17) is 0 Å². The van der Waals surface area contributed by atoms with Crippen molar-refractivity contribution in [3.8, 4) is 0 Å². The first kappa shape index (κ1) is 7.91.